The molecule has 0 unspecified atom stereocenters. The third-order valence-corrected chi connectivity index (χ3v) is 3.93. The molecule has 0 saturated heterocycles. The van der Waals surface area contributed by atoms with Gasteiger partial charge in [0.15, 0.2) is 0 Å². The number of nitrogens with zero attached hydrogens (tertiary/aromatic N) is 2. The molecule has 3 rings (SSSR count). The molecular formula is C19H18FN3O. The number of halogens is 1. The summed E-state index contributed by atoms with van der Waals surface area (Å²) in [5.41, 5.74) is 3.27. The summed E-state index contributed by atoms with van der Waals surface area (Å²) < 4.78 is 15.8. The zero-order valence-electron chi connectivity index (χ0n) is 13.6. The van der Waals surface area contributed by atoms with Gasteiger partial charge in [-0.2, -0.15) is 0 Å². The number of carbonyl (C=O) groups is 1. The van der Waals surface area contributed by atoms with E-state index in [1.165, 1.54) is 6.07 Å². The Hall–Kier alpha value is -2.95. The molecule has 0 aliphatic rings. The van der Waals surface area contributed by atoms with Crippen LogP contribution in [0.3, 0.4) is 0 Å². The van der Waals surface area contributed by atoms with Crippen molar-refractivity contribution in [2.24, 2.45) is 0 Å². The van der Waals surface area contributed by atoms with E-state index in [1.807, 2.05) is 32.0 Å². The van der Waals surface area contributed by atoms with Crippen LogP contribution < -0.4 is 5.32 Å². The first-order valence-corrected chi connectivity index (χ1v) is 7.70. The van der Waals surface area contributed by atoms with E-state index in [0.29, 0.717) is 23.5 Å². The van der Waals surface area contributed by atoms with E-state index < -0.39 is 0 Å². The summed E-state index contributed by atoms with van der Waals surface area (Å²) in [6, 6.07) is 13.9. The maximum atomic E-state index is 14.1. The number of carbonyl (C=O) groups excluding carboxylic acids is 1. The third-order valence-electron chi connectivity index (χ3n) is 3.93. The summed E-state index contributed by atoms with van der Waals surface area (Å²) in [6.07, 6.45) is 1.69. The van der Waals surface area contributed by atoms with Gasteiger partial charge in [-0.25, -0.2) is 4.39 Å². The van der Waals surface area contributed by atoms with Crippen LogP contribution in [-0.4, -0.2) is 15.5 Å². The Bertz CT molecular complexity index is 872. The molecule has 1 N–H and O–H groups in total. The second-order valence-electron chi connectivity index (χ2n) is 5.58. The molecule has 0 spiro atoms. The first kappa shape index (κ1) is 15.9. The quantitative estimate of drug-likeness (QED) is 0.798. The molecule has 5 heteroatoms. The number of pyridine rings is 1. The number of aromatic nitrogens is 2. The van der Waals surface area contributed by atoms with Gasteiger partial charge in [-0.3, -0.25) is 9.78 Å². The average molecular weight is 323 g/mol. The van der Waals surface area contributed by atoms with Gasteiger partial charge in [0.25, 0.3) is 5.91 Å². The standard InChI is InChI=1S/C19H18FN3O/c1-13-11-16(19(24)22-12-15-7-5-6-10-21-15)14(2)23(13)18-9-4-3-8-17(18)20/h3-11H,12H2,1-2H3,(H,22,24). The highest BCUT2D eigenvalue weighted by molar-refractivity contribution is 5.95. The number of hydrogen-bond donors (Lipinski definition) is 1. The summed E-state index contributed by atoms with van der Waals surface area (Å²) in [5, 5.41) is 2.85. The molecule has 0 aliphatic heterocycles. The highest BCUT2D eigenvalue weighted by Crippen LogP contribution is 2.22. The van der Waals surface area contributed by atoms with Crippen LogP contribution in [-0.2, 0) is 6.54 Å². The van der Waals surface area contributed by atoms with Crippen molar-refractivity contribution in [3.63, 3.8) is 0 Å². The minimum atomic E-state index is -0.320. The second kappa shape index (κ2) is 6.66. The highest BCUT2D eigenvalue weighted by atomic mass is 19.1. The molecule has 0 radical (unpaired) electrons. The van der Waals surface area contributed by atoms with Crippen LogP contribution in [0.4, 0.5) is 4.39 Å². The molecule has 24 heavy (non-hydrogen) atoms. The van der Waals surface area contributed by atoms with Crippen LogP contribution in [0.25, 0.3) is 5.69 Å². The Morgan fingerprint density at radius 1 is 1.17 bits per heavy atom. The lowest BCUT2D eigenvalue weighted by Crippen LogP contribution is -2.23. The lowest BCUT2D eigenvalue weighted by Gasteiger charge is -2.11. The molecule has 4 nitrogen and oxygen atoms in total. The maximum Gasteiger partial charge on any atom is 0.253 e. The largest absolute Gasteiger partial charge is 0.346 e. The summed E-state index contributed by atoms with van der Waals surface area (Å²) in [5.74, 6) is -0.518. The zero-order chi connectivity index (χ0) is 17.1. The summed E-state index contributed by atoms with van der Waals surface area (Å²) in [7, 11) is 0. The van der Waals surface area contributed by atoms with Crippen LogP contribution in [0.5, 0.6) is 0 Å². The van der Waals surface area contributed by atoms with Crippen molar-refractivity contribution in [3.05, 3.63) is 83.2 Å². The predicted octanol–water partition coefficient (Wildman–Crippen LogP) is 3.56. The fraction of sp³-hybridized carbons (Fsp3) is 0.158. The lowest BCUT2D eigenvalue weighted by atomic mass is 10.2. The molecule has 0 saturated carbocycles. The number of nitrogens with one attached hydrogen (secondary N) is 1. The SMILES string of the molecule is Cc1cc(C(=O)NCc2ccccn2)c(C)n1-c1ccccc1F. The van der Waals surface area contributed by atoms with Crippen molar-refractivity contribution in [2.75, 3.05) is 0 Å². The number of amides is 1. The van der Waals surface area contributed by atoms with E-state index in [0.717, 1.165) is 11.4 Å². The Balaban J connectivity index is 1.86. The molecule has 1 amide bonds. The first-order chi connectivity index (χ1) is 11.6. The van der Waals surface area contributed by atoms with Crippen LogP contribution >= 0.6 is 0 Å². The minimum Gasteiger partial charge on any atom is -0.346 e. The molecule has 0 atom stereocenters. The maximum absolute atomic E-state index is 14.1. The van der Waals surface area contributed by atoms with E-state index in [9.17, 15) is 9.18 Å². The van der Waals surface area contributed by atoms with Gasteiger partial charge in [-0.1, -0.05) is 18.2 Å². The van der Waals surface area contributed by atoms with Crippen molar-refractivity contribution in [1.82, 2.24) is 14.9 Å². The van der Waals surface area contributed by atoms with Gasteiger partial charge >= 0.3 is 0 Å². The Morgan fingerprint density at radius 3 is 2.62 bits per heavy atom. The molecule has 0 bridgehead atoms. The molecule has 1 aromatic carbocycles. The fourth-order valence-electron chi connectivity index (χ4n) is 2.77. The summed E-state index contributed by atoms with van der Waals surface area (Å²) in [4.78, 5) is 16.7. The van der Waals surface area contributed by atoms with E-state index in [-0.39, 0.29) is 11.7 Å². The number of hydrogen-bond acceptors (Lipinski definition) is 2. The molecule has 2 aromatic heterocycles. The van der Waals surface area contributed by atoms with Gasteiger partial charge in [-0.15, -0.1) is 0 Å². The van der Waals surface area contributed by atoms with Crippen LogP contribution in [0.2, 0.25) is 0 Å². The Kier molecular flexibility index (Phi) is 4.42. The Labute approximate surface area is 140 Å². The van der Waals surface area contributed by atoms with Gasteiger partial charge in [0, 0.05) is 17.6 Å². The molecule has 0 fully saturated rings. The number of benzene rings is 1. The number of para-hydroxylation sites is 1. The molecule has 2 heterocycles. The van der Waals surface area contributed by atoms with Crippen molar-refractivity contribution < 1.29 is 9.18 Å². The van der Waals surface area contributed by atoms with Crippen LogP contribution in [0, 0.1) is 19.7 Å². The van der Waals surface area contributed by atoms with Gasteiger partial charge in [0.05, 0.1) is 23.5 Å². The minimum absolute atomic E-state index is 0.198. The van der Waals surface area contributed by atoms with E-state index in [1.54, 1.807) is 35.0 Å². The van der Waals surface area contributed by atoms with Crippen molar-refractivity contribution >= 4 is 5.91 Å². The summed E-state index contributed by atoms with van der Waals surface area (Å²) >= 11 is 0. The fourth-order valence-corrected chi connectivity index (χ4v) is 2.77. The Morgan fingerprint density at radius 2 is 1.92 bits per heavy atom. The van der Waals surface area contributed by atoms with Crippen LogP contribution in [0.15, 0.2) is 54.7 Å². The third kappa shape index (κ3) is 3.06. The second-order valence-corrected chi connectivity index (χ2v) is 5.58. The van der Waals surface area contributed by atoms with Gasteiger partial charge in [0.2, 0.25) is 0 Å². The van der Waals surface area contributed by atoms with Gasteiger partial charge < -0.3 is 9.88 Å². The number of rotatable bonds is 4. The van der Waals surface area contributed by atoms with Gasteiger partial charge in [0.1, 0.15) is 5.82 Å². The average Bonchev–Trinajstić information content (AvgIpc) is 2.89. The van der Waals surface area contributed by atoms with E-state index >= 15 is 0 Å². The van der Waals surface area contributed by atoms with Crippen molar-refractivity contribution in [3.8, 4) is 5.69 Å². The smallest absolute Gasteiger partial charge is 0.253 e. The summed E-state index contributed by atoms with van der Waals surface area (Å²) in [6.45, 7) is 4.02. The zero-order valence-corrected chi connectivity index (χ0v) is 13.6. The van der Waals surface area contributed by atoms with Gasteiger partial charge in [-0.05, 0) is 44.2 Å². The molecular weight excluding hydrogens is 305 g/mol. The highest BCUT2D eigenvalue weighted by Gasteiger charge is 2.18. The van der Waals surface area contributed by atoms with Crippen molar-refractivity contribution in [1.29, 1.82) is 0 Å². The monoisotopic (exact) mass is 323 g/mol. The molecule has 3 aromatic rings. The topological polar surface area (TPSA) is 46.9 Å². The van der Waals surface area contributed by atoms with E-state index in [4.69, 9.17) is 0 Å². The van der Waals surface area contributed by atoms with E-state index in [2.05, 4.69) is 10.3 Å². The first-order valence-electron chi connectivity index (χ1n) is 7.70. The normalized spacial score (nSPS) is 10.6. The molecule has 122 valence electrons. The van der Waals surface area contributed by atoms with Crippen LogP contribution in [0.1, 0.15) is 27.4 Å². The lowest BCUT2D eigenvalue weighted by molar-refractivity contribution is 0.0950. The van der Waals surface area contributed by atoms with Crippen molar-refractivity contribution in [2.45, 2.75) is 20.4 Å². The number of aryl methyl sites for hydroxylation is 1. The molecule has 0 aliphatic carbocycles. The predicted molar refractivity (Wildman–Crippen MR) is 90.6 cm³/mol.